The Labute approximate surface area is 187 Å². The minimum Gasteiger partial charge on any atom is -0.280 e. The zero-order valence-corrected chi connectivity index (χ0v) is 18.3. The molecular formula is C24H20ClFN2O2S. The van der Waals surface area contributed by atoms with Crippen molar-refractivity contribution in [2.24, 2.45) is 0 Å². The molecule has 0 saturated heterocycles. The Balaban J connectivity index is 1.81. The van der Waals surface area contributed by atoms with Crippen LogP contribution in [0.15, 0.2) is 58.1 Å². The molecule has 2 aromatic heterocycles. The smallest absolute Gasteiger partial charge is 0.280 e. The molecule has 5 rings (SSSR count). The number of hydrogen-bond donors (Lipinski definition) is 0. The van der Waals surface area contributed by atoms with Crippen LogP contribution < -0.4 is 11.2 Å². The van der Waals surface area contributed by atoms with Gasteiger partial charge in [0.2, 0.25) is 0 Å². The van der Waals surface area contributed by atoms with E-state index < -0.39 is 5.69 Å². The molecule has 158 valence electrons. The fourth-order valence-corrected chi connectivity index (χ4v) is 5.77. The van der Waals surface area contributed by atoms with Crippen LogP contribution in [-0.2, 0) is 19.4 Å². The number of thiophene rings is 1. The first-order valence-corrected chi connectivity index (χ1v) is 11.5. The van der Waals surface area contributed by atoms with Crippen molar-refractivity contribution in [3.8, 4) is 5.69 Å². The first-order valence-electron chi connectivity index (χ1n) is 10.3. The van der Waals surface area contributed by atoms with E-state index in [4.69, 9.17) is 11.6 Å². The SMILES string of the molecule is O=c1c2c3c(sc2n(Cc2ccc(F)cc2)c(=O)n1-c1ccc(Cl)cc1)CCCCC3. The van der Waals surface area contributed by atoms with Gasteiger partial charge in [-0.1, -0.05) is 30.2 Å². The zero-order valence-electron chi connectivity index (χ0n) is 16.7. The first-order chi connectivity index (χ1) is 15.0. The summed E-state index contributed by atoms with van der Waals surface area (Å²) in [6.07, 6.45) is 5.05. The highest BCUT2D eigenvalue weighted by atomic mass is 35.5. The van der Waals surface area contributed by atoms with Gasteiger partial charge in [0.1, 0.15) is 10.6 Å². The van der Waals surface area contributed by atoms with Crippen LogP contribution in [0.5, 0.6) is 0 Å². The largest absolute Gasteiger partial charge is 0.337 e. The maximum absolute atomic E-state index is 13.6. The highest BCUT2D eigenvalue weighted by Gasteiger charge is 2.23. The highest BCUT2D eigenvalue weighted by molar-refractivity contribution is 7.18. The van der Waals surface area contributed by atoms with Crippen molar-refractivity contribution in [2.45, 2.75) is 38.6 Å². The Morgan fingerprint density at radius 1 is 0.935 bits per heavy atom. The maximum Gasteiger partial charge on any atom is 0.337 e. The molecule has 1 aliphatic rings. The predicted molar refractivity (Wildman–Crippen MR) is 123 cm³/mol. The van der Waals surface area contributed by atoms with Gasteiger partial charge in [0.25, 0.3) is 5.56 Å². The second-order valence-electron chi connectivity index (χ2n) is 7.86. The Morgan fingerprint density at radius 2 is 1.65 bits per heavy atom. The molecule has 0 N–H and O–H groups in total. The van der Waals surface area contributed by atoms with Gasteiger partial charge in [-0.05, 0) is 73.2 Å². The van der Waals surface area contributed by atoms with Gasteiger partial charge in [0.15, 0.2) is 0 Å². The molecule has 0 saturated carbocycles. The molecule has 0 amide bonds. The zero-order chi connectivity index (χ0) is 21.5. The minimum absolute atomic E-state index is 0.267. The molecule has 2 heterocycles. The molecule has 0 atom stereocenters. The van der Waals surface area contributed by atoms with Crippen molar-refractivity contribution in [1.29, 1.82) is 0 Å². The number of hydrogen-bond acceptors (Lipinski definition) is 3. The van der Waals surface area contributed by atoms with Gasteiger partial charge in [-0.25, -0.2) is 13.8 Å². The van der Waals surface area contributed by atoms with Crippen LogP contribution in [0, 0.1) is 5.82 Å². The minimum atomic E-state index is -0.402. The van der Waals surface area contributed by atoms with Crippen molar-refractivity contribution < 1.29 is 4.39 Å². The Bertz CT molecular complexity index is 1390. The number of aryl methyl sites for hydroxylation is 2. The molecule has 0 aliphatic heterocycles. The lowest BCUT2D eigenvalue weighted by Crippen LogP contribution is -2.39. The quantitative estimate of drug-likeness (QED) is 0.393. The number of fused-ring (bicyclic) bond motifs is 3. The molecule has 2 aromatic carbocycles. The van der Waals surface area contributed by atoms with Crippen molar-refractivity contribution in [2.75, 3.05) is 0 Å². The summed E-state index contributed by atoms with van der Waals surface area (Å²) in [7, 11) is 0. The van der Waals surface area contributed by atoms with E-state index in [1.54, 1.807) is 52.3 Å². The summed E-state index contributed by atoms with van der Waals surface area (Å²) in [4.78, 5) is 29.1. The topological polar surface area (TPSA) is 44.0 Å². The third kappa shape index (κ3) is 3.64. The predicted octanol–water partition coefficient (Wildman–Crippen LogP) is 5.32. The summed E-state index contributed by atoms with van der Waals surface area (Å²) >= 11 is 7.57. The Hall–Kier alpha value is -2.70. The molecular weight excluding hydrogens is 435 g/mol. The number of benzene rings is 2. The van der Waals surface area contributed by atoms with Gasteiger partial charge in [0.05, 0.1) is 17.6 Å². The van der Waals surface area contributed by atoms with Crippen LogP contribution in [0.25, 0.3) is 15.9 Å². The molecule has 7 heteroatoms. The molecule has 0 fully saturated rings. The van der Waals surface area contributed by atoms with Gasteiger partial charge in [-0.2, -0.15) is 0 Å². The number of aromatic nitrogens is 2. The van der Waals surface area contributed by atoms with Gasteiger partial charge in [0, 0.05) is 9.90 Å². The van der Waals surface area contributed by atoms with E-state index >= 15 is 0 Å². The lowest BCUT2D eigenvalue weighted by Gasteiger charge is -2.13. The Morgan fingerprint density at radius 3 is 2.39 bits per heavy atom. The molecule has 0 bridgehead atoms. The lowest BCUT2D eigenvalue weighted by molar-refractivity contribution is 0.626. The van der Waals surface area contributed by atoms with E-state index in [0.29, 0.717) is 20.9 Å². The molecule has 4 nitrogen and oxygen atoms in total. The van der Waals surface area contributed by atoms with E-state index in [9.17, 15) is 14.0 Å². The summed E-state index contributed by atoms with van der Waals surface area (Å²) < 4.78 is 16.3. The standard InChI is InChI=1S/C24H20ClFN2O2S/c25-16-8-12-18(13-9-16)28-22(29)21-19-4-2-1-3-5-20(19)31-23(21)27(24(28)30)14-15-6-10-17(26)11-7-15/h6-13H,1-5,14H2. The average Bonchev–Trinajstić information content (AvgIpc) is 2.96. The normalized spacial score (nSPS) is 13.9. The molecule has 0 spiro atoms. The molecule has 0 radical (unpaired) electrons. The third-order valence-corrected chi connectivity index (χ3v) is 7.39. The first kappa shape index (κ1) is 20.2. The molecule has 1 aliphatic carbocycles. The van der Waals surface area contributed by atoms with Gasteiger partial charge < -0.3 is 0 Å². The highest BCUT2D eigenvalue weighted by Crippen LogP contribution is 2.34. The number of nitrogens with zero attached hydrogens (tertiary/aromatic N) is 2. The third-order valence-electron chi connectivity index (χ3n) is 5.83. The molecule has 4 aromatic rings. The molecule has 0 unspecified atom stereocenters. The monoisotopic (exact) mass is 454 g/mol. The summed E-state index contributed by atoms with van der Waals surface area (Å²) in [6.45, 7) is 0.267. The maximum atomic E-state index is 13.6. The van der Waals surface area contributed by atoms with Crippen molar-refractivity contribution >= 4 is 33.2 Å². The van der Waals surface area contributed by atoms with Crippen molar-refractivity contribution in [1.82, 2.24) is 9.13 Å². The van der Waals surface area contributed by atoms with Crippen LogP contribution in [0.4, 0.5) is 4.39 Å². The summed E-state index contributed by atoms with van der Waals surface area (Å²) in [5.74, 6) is -0.324. The van der Waals surface area contributed by atoms with E-state index in [0.717, 1.165) is 43.2 Å². The van der Waals surface area contributed by atoms with Crippen LogP contribution in [0.3, 0.4) is 0 Å². The van der Waals surface area contributed by atoms with E-state index in [1.807, 2.05) is 0 Å². The summed E-state index contributed by atoms with van der Waals surface area (Å²) in [5, 5.41) is 1.17. The average molecular weight is 455 g/mol. The van der Waals surface area contributed by atoms with E-state index in [-0.39, 0.29) is 17.9 Å². The summed E-state index contributed by atoms with van der Waals surface area (Å²) in [5.41, 5.74) is 1.69. The van der Waals surface area contributed by atoms with Crippen LogP contribution >= 0.6 is 22.9 Å². The van der Waals surface area contributed by atoms with Crippen molar-refractivity contribution in [3.05, 3.63) is 96.2 Å². The van der Waals surface area contributed by atoms with Gasteiger partial charge in [-0.15, -0.1) is 11.3 Å². The molecule has 31 heavy (non-hydrogen) atoms. The van der Waals surface area contributed by atoms with Gasteiger partial charge in [-0.3, -0.25) is 9.36 Å². The van der Waals surface area contributed by atoms with Gasteiger partial charge >= 0.3 is 5.69 Å². The van der Waals surface area contributed by atoms with Crippen LogP contribution in [-0.4, -0.2) is 9.13 Å². The van der Waals surface area contributed by atoms with E-state index in [2.05, 4.69) is 0 Å². The second kappa shape index (κ2) is 8.09. The fraction of sp³-hybridized carbons (Fsp3) is 0.250. The van der Waals surface area contributed by atoms with Crippen LogP contribution in [0.1, 0.15) is 35.3 Å². The number of rotatable bonds is 3. The lowest BCUT2D eigenvalue weighted by atomic mass is 10.1. The fourth-order valence-electron chi connectivity index (χ4n) is 4.27. The summed E-state index contributed by atoms with van der Waals surface area (Å²) in [6, 6.07) is 12.8. The van der Waals surface area contributed by atoms with Crippen molar-refractivity contribution in [3.63, 3.8) is 0 Å². The van der Waals surface area contributed by atoms with Crippen LogP contribution in [0.2, 0.25) is 5.02 Å². The second-order valence-corrected chi connectivity index (χ2v) is 9.38. The Kier molecular flexibility index (Phi) is 5.28. The number of halogens is 2. The van der Waals surface area contributed by atoms with E-state index in [1.165, 1.54) is 21.6 Å².